The van der Waals surface area contributed by atoms with Gasteiger partial charge in [-0.25, -0.2) is 22.9 Å². The Morgan fingerprint density at radius 2 is 1.97 bits per heavy atom. The Kier molecular flexibility index (Phi) is 6.72. The minimum Gasteiger partial charge on any atom is -0.320 e. The van der Waals surface area contributed by atoms with E-state index in [1.807, 2.05) is 19.0 Å². The number of carbonyl (C=O) groups is 2. The normalized spacial score (nSPS) is 34.0. The molecule has 182 valence electrons. The van der Waals surface area contributed by atoms with Crippen molar-refractivity contribution in [1.29, 1.82) is 0 Å². The Labute approximate surface area is 192 Å². The van der Waals surface area contributed by atoms with Gasteiger partial charge in [0.2, 0.25) is 15.9 Å². The summed E-state index contributed by atoms with van der Waals surface area (Å²) in [5, 5.41) is 1.30. The van der Waals surface area contributed by atoms with Gasteiger partial charge < -0.3 is 4.90 Å². The lowest BCUT2D eigenvalue weighted by Gasteiger charge is -2.48. The summed E-state index contributed by atoms with van der Waals surface area (Å²) in [5.74, 6) is -0.355. The van der Waals surface area contributed by atoms with Crippen molar-refractivity contribution in [3.8, 4) is 0 Å². The van der Waals surface area contributed by atoms with Crippen LogP contribution in [0.4, 0.5) is 4.79 Å². The second kappa shape index (κ2) is 8.94. The van der Waals surface area contributed by atoms with Crippen LogP contribution in [-0.2, 0) is 25.6 Å². The fourth-order valence-corrected chi connectivity index (χ4v) is 7.60. The lowest BCUT2D eigenvalue weighted by Crippen LogP contribution is -2.65. The molecule has 32 heavy (non-hydrogen) atoms. The quantitative estimate of drug-likeness (QED) is 0.481. The van der Waals surface area contributed by atoms with E-state index in [4.69, 9.17) is 0 Å². The molecule has 0 radical (unpaired) electrons. The number of hydrazine groups is 1. The molecular formula is C20H35N5O5S2. The van der Waals surface area contributed by atoms with Crippen LogP contribution in [0, 0.1) is 11.8 Å². The number of nitrogens with one attached hydrogen (secondary N) is 2. The molecule has 2 aliphatic carbocycles. The maximum atomic E-state index is 13.5. The molecule has 4 aliphatic rings. The van der Waals surface area contributed by atoms with E-state index in [1.165, 1.54) is 4.90 Å². The predicted octanol–water partition coefficient (Wildman–Crippen LogP) is -0.295. The highest BCUT2D eigenvalue weighted by Crippen LogP contribution is 2.40. The molecule has 4 rings (SSSR count). The van der Waals surface area contributed by atoms with Crippen molar-refractivity contribution in [3.05, 3.63) is 0 Å². The van der Waals surface area contributed by atoms with Crippen molar-refractivity contribution in [2.24, 2.45) is 11.8 Å². The number of amides is 3. The van der Waals surface area contributed by atoms with Gasteiger partial charge in [-0.3, -0.25) is 19.3 Å². The van der Waals surface area contributed by atoms with Crippen LogP contribution >= 0.6 is 0 Å². The molecule has 10 nitrogen and oxygen atoms in total. The molecule has 12 heteroatoms. The zero-order chi connectivity index (χ0) is 23.3. The summed E-state index contributed by atoms with van der Waals surface area (Å²) >= 11 is 0. The smallest absolute Gasteiger partial charge is 0.320 e. The Morgan fingerprint density at radius 3 is 2.56 bits per heavy atom. The highest BCUT2D eigenvalue weighted by atomic mass is 32.2. The van der Waals surface area contributed by atoms with Crippen LogP contribution in [-0.4, -0.2) is 101 Å². The van der Waals surface area contributed by atoms with Gasteiger partial charge in [-0.1, -0.05) is 0 Å². The maximum Gasteiger partial charge on any atom is 0.327 e. The van der Waals surface area contributed by atoms with Crippen LogP contribution in [0.3, 0.4) is 0 Å². The number of rotatable bonds is 8. The number of nitrogens with zero attached hydrogens (tertiary/aromatic N) is 3. The molecule has 0 bridgehead atoms. The summed E-state index contributed by atoms with van der Waals surface area (Å²) in [4.78, 5) is 29.8. The summed E-state index contributed by atoms with van der Waals surface area (Å²) in [5.41, 5.74) is 2.84. The number of hydrogen-bond acceptors (Lipinski definition) is 7. The number of carbonyl (C=O) groups excluding carboxylic acids is 2. The summed E-state index contributed by atoms with van der Waals surface area (Å²) in [6.07, 6.45) is 4.35. The molecule has 2 saturated carbocycles. The van der Waals surface area contributed by atoms with E-state index in [1.54, 1.807) is 11.2 Å². The van der Waals surface area contributed by atoms with E-state index >= 15 is 0 Å². The topological polar surface area (TPSA) is 119 Å². The first-order chi connectivity index (χ1) is 15.0. The summed E-state index contributed by atoms with van der Waals surface area (Å²) in [7, 11) is -2.69. The minimum absolute atomic E-state index is 0.117. The van der Waals surface area contributed by atoms with Crippen molar-refractivity contribution in [3.63, 3.8) is 0 Å². The monoisotopic (exact) mass is 489 g/mol. The van der Waals surface area contributed by atoms with Crippen molar-refractivity contribution in [2.45, 2.75) is 55.9 Å². The molecule has 0 aromatic rings. The van der Waals surface area contributed by atoms with E-state index in [2.05, 4.69) is 10.1 Å². The number of hydrogen-bond donors (Lipinski definition) is 2. The van der Waals surface area contributed by atoms with E-state index in [0.29, 0.717) is 38.2 Å². The standard InChI is InChI=1S/C20H35N5O5S2/c1-20(6-7-20)22-32(29,30)15-4-5-17-16(10-15)18(26)25(13-14-11-21-23(2)12-14)19(27)24(17)8-9-31(3)28/h14-17,21-22H,4-13H2,1-3H3. The highest BCUT2D eigenvalue weighted by molar-refractivity contribution is 7.90. The Bertz CT molecular complexity index is 893. The highest BCUT2D eigenvalue weighted by Gasteiger charge is 2.52. The number of imide groups is 1. The molecule has 3 amide bonds. The van der Waals surface area contributed by atoms with Gasteiger partial charge in [0.1, 0.15) is 0 Å². The third-order valence-corrected chi connectivity index (χ3v) is 10.1. The fraction of sp³-hybridized carbons (Fsp3) is 0.900. The minimum atomic E-state index is -3.55. The Hall–Kier alpha value is -1.08. The summed E-state index contributed by atoms with van der Waals surface area (Å²) in [6, 6.07) is -0.664. The van der Waals surface area contributed by atoms with Crippen molar-refractivity contribution < 1.29 is 22.2 Å². The van der Waals surface area contributed by atoms with E-state index in [-0.39, 0.29) is 35.9 Å². The third kappa shape index (κ3) is 5.03. The molecular weight excluding hydrogens is 454 g/mol. The van der Waals surface area contributed by atoms with Crippen LogP contribution in [0.15, 0.2) is 0 Å². The zero-order valence-electron chi connectivity index (χ0n) is 19.1. The second-order valence-electron chi connectivity index (χ2n) is 10.1. The first-order valence-corrected chi connectivity index (χ1v) is 14.7. The molecule has 5 unspecified atom stereocenters. The van der Waals surface area contributed by atoms with Gasteiger partial charge in [-0.15, -0.1) is 0 Å². The largest absolute Gasteiger partial charge is 0.327 e. The average molecular weight is 490 g/mol. The summed E-state index contributed by atoms with van der Waals surface area (Å²) in [6.45, 7) is 3.92. The lowest BCUT2D eigenvalue weighted by molar-refractivity contribution is -0.140. The molecule has 2 aliphatic heterocycles. The molecule has 2 heterocycles. The molecule has 2 saturated heterocycles. The van der Waals surface area contributed by atoms with Gasteiger partial charge in [-0.05, 0) is 39.0 Å². The molecule has 0 spiro atoms. The molecule has 0 aromatic heterocycles. The maximum absolute atomic E-state index is 13.5. The SMILES string of the molecule is CN1CC(CN2C(=O)C3CC(S(=O)(=O)NC4(C)CC4)CCC3N(CCS(C)=O)C2=O)CN1. The Morgan fingerprint density at radius 1 is 1.25 bits per heavy atom. The number of sulfonamides is 1. The van der Waals surface area contributed by atoms with Crippen molar-refractivity contribution >= 4 is 32.8 Å². The van der Waals surface area contributed by atoms with E-state index < -0.39 is 32.0 Å². The molecule has 5 atom stereocenters. The van der Waals surface area contributed by atoms with Crippen molar-refractivity contribution in [2.75, 3.05) is 45.2 Å². The fourth-order valence-electron chi connectivity index (χ4n) is 5.18. The van der Waals surface area contributed by atoms with Gasteiger partial charge >= 0.3 is 6.03 Å². The van der Waals surface area contributed by atoms with E-state index in [9.17, 15) is 22.2 Å². The molecule has 2 N–H and O–H groups in total. The zero-order valence-corrected chi connectivity index (χ0v) is 20.7. The van der Waals surface area contributed by atoms with Crippen LogP contribution in [0.1, 0.15) is 39.0 Å². The second-order valence-corrected chi connectivity index (χ2v) is 13.6. The van der Waals surface area contributed by atoms with Gasteiger partial charge in [0, 0.05) is 73.5 Å². The third-order valence-electron chi connectivity index (χ3n) is 7.30. The predicted molar refractivity (Wildman–Crippen MR) is 121 cm³/mol. The van der Waals surface area contributed by atoms with Gasteiger partial charge in [0.15, 0.2) is 0 Å². The lowest BCUT2D eigenvalue weighted by atomic mass is 9.80. The molecule has 4 fully saturated rings. The number of fused-ring (bicyclic) bond motifs is 1. The van der Waals surface area contributed by atoms with Gasteiger partial charge in [0.05, 0.1) is 11.2 Å². The van der Waals surface area contributed by atoms with Gasteiger partial charge in [0.25, 0.3) is 0 Å². The molecule has 0 aromatic carbocycles. The first kappa shape index (κ1) is 24.1. The van der Waals surface area contributed by atoms with Gasteiger partial charge in [-0.2, -0.15) is 0 Å². The summed E-state index contributed by atoms with van der Waals surface area (Å²) < 4.78 is 40.6. The Balaban J connectivity index is 1.54. The van der Waals surface area contributed by atoms with Crippen LogP contribution in [0.5, 0.6) is 0 Å². The van der Waals surface area contributed by atoms with Crippen LogP contribution < -0.4 is 10.1 Å². The van der Waals surface area contributed by atoms with E-state index in [0.717, 1.165) is 19.4 Å². The number of urea groups is 1. The van der Waals surface area contributed by atoms with Crippen molar-refractivity contribution in [1.82, 2.24) is 25.0 Å². The first-order valence-electron chi connectivity index (χ1n) is 11.4. The van der Waals surface area contributed by atoms with Crippen LogP contribution in [0.2, 0.25) is 0 Å². The average Bonchev–Trinajstić information content (AvgIpc) is 3.28. The van der Waals surface area contributed by atoms with Crippen LogP contribution in [0.25, 0.3) is 0 Å².